The number of rotatable bonds is 8. The fourth-order valence-electron chi connectivity index (χ4n) is 1.75. The van der Waals surface area contributed by atoms with Gasteiger partial charge in [-0.25, -0.2) is 0 Å². The van der Waals surface area contributed by atoms with Gasteiger partial charge in [0.05, 0.1) is 16.4 Å². The zero-order valence-corrected chi connectivity index (χ0v) is 14.3. The van der Waals surface area contributed by atoms with Gasteiger partial charge in [0.2, 0.25) is 5.91 Å². The molecule has 1 unspecified atom stereocenters. The Bertz CT molecular complexity index is 501. The minimum absolute atomic E-state index is 0.178. The maximum atomic E-state index is 11.8. The molecule has 0 fully saturated rings. The van der Waals surface area contributed by atoms with Crippen LogP contribution in [0.4, 0.5) is 11.4 Å². The Balaban J connectivity index is 2.46. The number of carbonyl (C=O) groups is 1. The number of halogens is 2. The number of nitrogen functional groups attached to an aromatic ring is 1. The van der Waals surface area contributed by atoms with E-state index in [-0.39, 0.29) is 17.4 Å². The standard InChI is InChI=1S/C14H20Cl2N2O2S/c1-2-3-4-6-21(20)7-5-13(19)18-14-11(16)8-10(15)9-12(14)17/h8-9H,2-7,17H2,1H3,(H,18,19). The summed E-state index contributed by atoms with van der Waals surface area (Å²) in [7, 11) is -0.961. The van der Waals surface area contributed by atoms with Crippen LogP contribution in [0.2, 0.25) is 10.0 Å². The first-order valence-electron chi connectivity index (χ1n) is 6.83. The van der Waals surface area contributed by atoms with Gasteiger partial charge in [-0.15, -0.1) is 0 Å². The quantitative estimate of drug-likeness (QED) is 0.552. The third-order valence-electron chi connectivity index (χ3n) is 2.88. The third kappa shape index (κ3) is 6.68. The molecular weight excluding hydrogens is 331 g/mol. The van der Waals surface area contributed by atoms with Gasteiger partial charge in [-0.1, -0.05) is 43.0 Å². The maximum Gasteiger partial charge on any atom is 0.225 e. The molecule has 0 aliphatic heterocycles. The lowest BCUT2D eigenvalue weighted by Gasteiger charge is -2.10. The Hall–Kier alpha value is -0.780. The highest BCUT2D eigenvalue weighted by molar-refractivity contribution is 7.84. The zero-order valence-electron chi connectivity index (χ0n) is 12.0. The summed E-state index contributed by atoms with van der Waals surface area (Å²) in [4.78, 5) is 11.8. The smallest absolute Gasteiger partial charge is 0.225 e. The average molecular weight is 351 g/mol. The molecule has 1 amide bonds. The summed E-state index contributed by atoms with van der Waals surface area (Å²) in [5.74, 6) is 0.737. The second-order valence-electron chi connectivity index (χ2n) is 4.71. The van der Waals surface area contributed by atoms with Crippen molar-refractivity contribution >= 4 is 51.3 Å². The maximum absolute atomic E-state index is 11.8. The Morgan fingerprint density at radius 3 is 2.62 bits per heavy atom. The van der Waals surface area contributed by atoms with Crippen molar-refractivity contribution in [2.75, 3.05) is 22.6 Å². The third-order valence-corrected chi connectivity index (χ3v) is 4.80. The lowest BCUT2D eigenvalue weighted by Crippen LogP contribution is -2.17. The SMILES string of the molecule is CCCCCS(=O)CCC(=O)Nc1c(N)cc(Cl)cc1Cl. The molecule has 1 aromatic carbocycles. The van der Waals surface area contributed by atoms with Crippen LogP contribution in [0.15, 0.2) is 12.1 Å². The second-order valence-corrected chi connectivity index (χ2v) is 7.24. The van der Waals surface area contributed by atoms with Crippen LogP contribution in [0.1, 0.15) is 32.6 Å². The predicted octanol–water partition coefficient (Wildman–Crippen LogP) is 3.84. The Morgan fingerprint density at radius 2 is 2.00 bits per heavy atom. The molecule has 0 saturated carbocycles. The Kier molecular flexibility index (Phi) is 8.07. The highest BCUT2D eigenvalue weighted by Crippen LogP contribution is 2.32. The van der Waals surface area contributed by atoms with Crippen molar-refractivity contribution in [3.8, 4) is 0 Å². The number of benzene rings is 1. The average Bonchev–Trinajstić information content (AvgIpc) is 2.41. The highest BCUT2D eigenvalue weighted by atomic mass is 35.5. The van der Waals surface area contributed by atoms with E-state index in [1.807, 2.05) is 0 Å². The fourth-order valence-corrected chi connectivity index (χ4v) is 3.45. The van der Waals surface area contributed by atoms with E-state index in [9.17, 15) is 9.00 Å². The van der Waals surface area contributed by atoms with Crippen LogP contribution in [0, 0.1) is 0 Å². The van der Waals surface area contributed by atoms with Crippen molar-refractivity contribution in [1.29, 1.82) is 0 Å². The number of hydrogen-bond acceptors (Lipinski definition) is 3. The topological polar surface area (TPSA) is 72.2 Å². The van der Waals surface area contributed by atoms with Gasteiger partial charge in [0.15, 0.2) is 0 Å². The number of unbranched alkanes of at least 4 members (excludes halogenated alkanes) is 2. The number of nitrogens with one attached hydrogen (secondary N) is 1. The van der Waals surface area contributed by atoms with Gasteiger partial charge in [0.1, 0.15) is 0 Å². The van der Waals surface area contributed by atoms with Crippen LogP contribution in [0.5, 0.6) is 0 Å². The monoisotopic (exact) mass is 350 g/mol. The van der Waals surface area contributed by atoms with Crippen molar-refractivity contribution in [3.05, 3.63) is 22.2 Å². The normalized spacial score (nSPS) is 12.1. The van der Waals surface area contributed by atoms with Gasteiger partial charge in [0, 0.05) is 33.7 Å². The molecule has 1 atom stereocenters. The van der Waals surface area contributed by atoms with E-state index in [1.54, 1.807) is 0 Å². The molecule has 0 radical (unpaired) electrons. The molecule has 0 aromatic heterocycles. The fraction of sp³-hybridized carbons (Fsp3) is 0.500. The van der Waals surface area contributed by atoms with Gasteiger partial charge in [-0.2, -0.15) is 0 Å². The van der Waals surface area contributed by atoms with Crippen molar-refractivity contribution in [2.24, 2.45) is 0 Å². The molecule has 1 rings (SSSR count). The molecule has 3 N–H and O–H groups in total. The van der Waals surface area contributed by atoms with Crippen LogP contribution >= 0.6 is 23.2 Å². The molecule has 0 aliphatic rings. The first-order valence-corrected chi connectivity index (χ1v) is 9.07. The minimum Gasteiger partial charge on any atom is -0.397 e. The molecule has 21 heavy (non-hydrogen) atoms. The molecule has 0 saturated heterocycles. The van der Waals surface area contributed by atoms with E-state index in [2.05, 4.69) is 12.2 Å². The Labute approximate surface area is 137 Å². The molecule has 0 heterocycles. The molecule has 1 aromatic rings. The van der Waals surface area contributed by atoms with Gasteiger partial charge >= 0.3 is 0 Å². The molecule has 0 aliphatic carbocycles. The van der Waals surface area contributed by atoms with E-state index in [4.69, 9.17) is 28.9 Å². The molecule has 4 nitrogen and oxygen atoms in total. The molecule has 7 heteroatoms. The number of amides is 1. The van der Waals surface area contributed by atoms with Crippen LogP contribution in [-0.2, 0) is 15.6 Å². The highest BCUT2D eigenvalue weighted by Gasteiger charge is 2.11. The second kappa shape index (κ2) is 9.28. The van der Waals surface area contributed by atoms with Crippen molar-refractivity contribution in [1.82, 2.24) is 0 Å². The summed E-state index contributed by atoms with van der Waals surface area (Å²) in [6.45, 7) is 2.09. The lowest BCUT2D eigenvalue weighted by atomic mass is 10.2. The molecule has 0 bridgehead atoms. The van der Waals surface area contributed by atoms with E-state index >= 15 is 0 Å². The van der Waals surface area contributed by atoms with Crippen molar-refractivity contribution in [3.63, 3.8) is 0 Å². The van der Waals surface area contributed by atoms with Crippen LogP contribution in [-0.4, -0.2) is 21.6 Å². The molecule has 0 spiro atoms. The van der Waals surface area contributed by atoms with Gasteiger partial charge in [-0.05, 0) is 18.6 Å². The van der Waals surface area contributed by atoms with Crippen LogP contribution in [0.25, 0.3) is 0 Å². The van der Waals surface area contributed by atoms with E-state index < -0.39 is 10.8 Å². The number of hydrogen-bond donors (Lipinski definition) is 2. The largest absolute Gasteiger partial charge is 0.397 e. The van der Waals surface area contributed by atoms with Gasteiger partial charge in [0.25, 0.3) is 0 Å². The number of nitrogens with two attached hydrogens (primary N) is 1. The van der Waals surface area contributed by atoms with Crippen molar-refractivity contribution < 1.29 is 9.00 Å². The summed E-state index contributed by atoms with van der Waals surface area (Å²) < 4.78 is 11.7. The van der Waals surface area contributed by atoms with Crippen molar-refractivity contribution in [2.45, 2.75) is 32.6 Å². The summed E-state index contributed by atoms with van der Waals surface area (Å²) >= 11 is 11.8. The van der Waals surface area contributed by atoms with E-state index in [1.165, 1.54) is 12.1 Å². The summed E-state index contributed by atoms with van der Waals surface area (Å²) in [5.41, 5.74) is 6.42. The lowest BCUT2D eigenvalue weighted by molar-refractivity contribution is -0.115. The number of anilines is 2. The molecular formula is C14H20Cl2N2O2S. The first kappa shape index (κ1) is 18.3. The Morgan fingerprint density at radius 1 is 1.29 bits per heavy atom. The predicted molar refractivity (Wildman–Crippen MR) is 91.5 cm³/mol. The van der Waals surface area contributed by atoms with Gasteiger partial charge in [-0.3, -0.25) is 9.00 Å². The minimum atomic E-state index is -0.961. The van der Waals surface area contributed by atoms with E-state index in [0.717, 1.165) is 19.3 Å². The van der Waals surface area contributed by atoms with Crippen LogP contribution < -0.4 is 11.1 Å². The summed E-state index contributed by atoms with van der Waals surface area (Å²) in [5, 5.41) is 3.34. The van der Waals surface area contributed by atoms with Crippen LogP contribution in [0.3, 0.4) is 0 Å². The number of carbonyl (C=O) groups excluding carboxylic acids is 1. The molecule has 118 valence electrons. The van der Waals surface area contributed by atoms with E-state index in [0.29, 0.717) is 27.9 Å². The first-order chi connectivity index (χ1) is 9.93. The summed E-state index contributed by atoms with van der Waals surface area (Å²) in [6, 6.07) is 3.03. The zero-order chi connectivity index (χ0) is 15.8. The van der Waals surface area contributed by atoms with Gasteiger partial charge < -0.3 is 11.1 Å². The summed E-state index contributed by atoms with van der Waals surface area (Å²) in [6.07, 6.45) is 3.26.